The molecule has 0 aliphatic heterocycles. The minimum Gasteiger partial charge on any atom is -0.465 e. The summed E-state index contributed by atoms with van der Waals surface area (Å²) in [5, 5.41) is 0. The largest absolute Gasteiger partial charge is 0.465 e. The van der Waals surface area contributed by atoms with Crippen molar-refractivity contribution >= 4 is 27.9 Å². The van der Waals surface area contributed by atoms with Crippen molar-refractivity contribution in [3.05, 3.63) is 34.3 Å². The van der Waals surface area contributed by atoms with Crippen LogP contribution in [0.1, 0.15) is 32.8 Å². The molecule has 5 heteroatoms. The summed E-state index contributed by atoms with van der Waals surface area (Å²) in [6.45, 7) is 5.51. The van der Waals surface area contributed by atoms with Gasteiger partial charge in [0.2, 0.25) is 0 Å². The highest BCUT2D eigenvalue weighted by Crippen LogP contribution is 2.28. The lowest BCUT2D eigenvalue weighted by atomic mass is 9.84. The van der Waals surface area contributed by atoms with Gasteiger partial charge in [0.05, 0.1) is 13.2 Å². The van der Waals surface area contributed by atoms with E-state index >= 15 is 0 Å². The van der Waals surface area contributed by atoms with E-state index in [0.717, 1.165) is 10.0 Å². The van der Waals surface area contributed by atoms with Crippen molar-refractivity contribution in [1.29, 1.82) is 0 Å². The summed E-state index contributed by atoms with van der Waals surface area (Å²) in [4.78, 5) is 24.3. The van der Waals surface area contributed by atoms with Crippen molar-refractivity contribution < 1.29 is 19.1 Å². The van der Waals surface area contributed by atoms with Crippen molar-refractivity contribution in [2.75, 3.05) is 13.2 Å². The van der Waals surface area contributed by atoms with Gasteiger partial charge < -0.3 is 9.47 Å². The van der Waals surface area contributed by atoms with E-state index < -0.39 is 17.4 Å². The first kappa shape index (κ1) is 17.7. The number of esters is 2. The van der Waals surface area contributed by atoms with Crippen LogP contribution in [-0.4, -0.2) is 25.2 Å². The van der Waals surface area contributed by atoms with Gasteiger partial charge in [0, 0.05) is 4.47 Å². The molecule has 0 aliphatic rings. The van der Waals surface area contributed by atoms with E-state index in [2.05, 4.69) is 15.9 Å². The van der Waals surface area contributed by atoms with Crippen LogP contribution in [0, 0.1) is 5.41 Å². The first-order chi connectivity index (χ1) is 9.93. The molecule has 0 aliphatic carbocycles. The monoisotopic (exact) mass is 356 g/mol. The summed E-state index contributed by atoms with van der Waals surface area (Å²) in [5.41, 5.74) is -0.211. The van der Waals surface area contributed by atoms with E-state index in [0.29, 0.717) is 12.8 Å². The van der Waals surface area contributed by atoms with Crippen molar-refractivity contribution in [1.82, 2.24) is 0 Å². The molecule has 0 spiro atoms. The smallest absolute Gasteiger partial charge is 0.323 e. The van der Waals surface area contributed by atoms with Gasteiger partial charge in [-0.25, -0.2) is 0 Å². The Morgan fingerprint density at radius 2 is 1.52 bits per heavy atom. The maximum absolute atomic E-state index is 12.1. The molecule has 0 N–H and O–H groups in total. The zero-order valence-corrected chi connectivity index (χ0v) is 14.2. The predicted molar refractivity (Wildman–Crippen MR) is 83.8 cm³/mol. The van der Waals surface area contributed by atoms with Gasteiger partial charge >= 0.3 is 11.9 Å². The molecule has 0 saturated carbocycles. The molecule has 116 valence electrons. The molecular weight excluding hydrogens is 336 g/mol. The van der Waals surface area contributed by atoms with Crippen LogP contribution in [-0.2, 0) is 25.5 Å². The Labute approximate surface area is 133 Å². The Morgan fingerprint density at radius 3 is 1.95 bits per heavy atom. The Kier molecular flexibility index (Phi) is 6.89. The summed E-state index contributed by atoms with van der Waals surface area (Å²) in [5.74, 6) is -1.05. The number of rotatable bonds is 7. The summed E-state index contributed by atoms with van der Waals surface area (Å²) >= 11 is 3.38. The average Bonchev–Trinajstić information content (AvgIpc) is 2.46. The minimum absolute atomic E-state index is 0.242. The summed E-state index contributed by atoms with van der Waals surface area (Å²) in [7, 11) is 0. The van der Waals surface area contributed by atoms with Crippen molar-refractivity contribution in [2.45, 2.75) is 33.6 Å². The van der Waals surface area contributed by atoms with Crippen molar-refractivity contribution in [2.24, 2.45) is 5.41 Å². The number of halogens is 1. The van der Waals surface area contributed by atoms with Crippen molar-refractivity contribution in [3.63, 3.8) is 0 Å². The van der Waals surface area contributed by atoms with Gasteiger partial charge in [-0.2, -0.15) is 0 Å². The van der Waals surface area contributed by atoms with Gasteiger partial charge in [-0.3, -0.25) is 9.59 Å². The van der Waals surface area contributed by atoms with Crippen molar-refractivity contribution in [3.8, 4) is 0 Å². The number of aryl methyl sites for hydroxylation is 1. The number of carbonyl (C=O) groups is 2. The van der Waals surface area contributed by atoms with Crippen LogP contribution in [0.4, 0.5) is 0 Å². The topological polar surface area (TPSA) is 52.6 Å². The van der Waals surface area contributed by atoms with Crippen LogP contribution in [0.15, 0.2) is 28.7 Å². The normalized spacial score (nSPS) is 11.0. The van der Waals surface area contributed by atoms with Gasteiger partial charge in [-0.05, 0) is 51.3 Å². The standard InChI is InChI=1S/C16H21BrO4/c1-4-20-14(18)16(3,15(19)21-5-2)11-10-12-6-8-13(17)9-7-12/h6-9H,4-5,10-11H2,1-3H3. The second kappa shape index (κ2) is 8.17. The summed E-state index contributed by atoms with van der Waals surface area (Å²) < 4.78 is 11.1. The van der Waals surface area contributed by atoms with E-state index in [9.17, 15) is 9.59 Å². The molecule has 0 bridgehead atoms. The highest BCUT2D eigenvalue weighted by molar-refractivity contribution is 9.10. The van der Waals surface area contributed by atoms with Gasteiger partial charge in [-0.1, -0.05) is 28.1 Å². The zero-order valence-electron chi connectivity index (χ0n) is 12.6. The first-order valence-corrected chi connectivity index (χ1v) is 7.82. The third-order valence-electron chi connectivity index (χ3n) is 3.28. The van der Waals surface area contributed by atoms with E-state index in [4.69, 9.17) is 9.47 Å². The Hall–Kier alpha value is -1.36. The van der Waals surface area contributed by atoms with Crippen LogP contribution >= 0.6 is 15.9 Å². The van der Waals surface area contributed by atoms with Gasteiger partial charge in [0.15, 0.2) is 5.41 Å². The third kappa shape index (κ3) is 4.84. The molecule has 0 amide bonds. The SMILES string of the molecule is CCOC(=O)C(C)(CCc1ccc(Br)cc1)C(=O)OCC. The first-order valence-electron chi connectivity index (χ1n) is 7.03. The lowest BCUT2D eigenvalue weighted by molar-refractivity contribution is -0.171. The minimum atomic E-state index is -1.26. The van der Waals surface area contributed by atoms with E-state index in [1.54, 1.807) is 20.8 Å². The predicted octanol–water partition coefficient (Wildman–Crippen LogP) is 3.51. The van der Waals surface area contributed by atoms with E-state index in [1.165, 1.54) is 0 Å². The number of carbonyl (C=O) groups excluding carboxylic acids is 2. The maximum atomic E-state index is 12.1. The highest BCUT2D eigenvalue weighted by Gasteiger charge is 2.43. The van der Waals surface area contributed by atoms with Crippen LogP contribution in [0.25, 0.3) is 0 Å². The fourth-order valence-electron chi connectivity index (χ4n) is 1.91. The molecule has 0 radical (unpaired) electrons. The summed E-state index contributed by atoms with van der Waals surface area (Å²) in [6, 6.07) is 7.78. The molecule has 21 heavy (non-hydrogen) atoms. The van der Waals surface area contributed by atoms with E-state index in [-0.39, 0.29) is 13.2 Å². The lowest BCUT2D eigenvalue weighted by Crippen LogP contribution is -2.40. The number of hydrogen-bond donors (Lipinski definition) is 0. The quantitative estimate of drug-likeness (QED) is 0.554. The molecule has 0 unspecified atom stereocenters. The van der Waals surface area contributed by atoms with Crippen LogP contribution < -0.4 is 0 Å². The highest BCUT2D eigenvalue weighted by atomic mass is 79.9. The molecule has 0 atom stereocenters. The van der Waals surface area contributed by atoms with Gasteiger partial charge in [0.25, 0.3) is 0 Å². The number of hydrogen-bond acceptors (Lipinski definition) is 4. The summed E-state index contributed by atoms with van der Waals surface area (Å²) in [6.07, 6.45) is 0.952. The van der Waals surface area contributed by atoms with Gasteiger partial charge in [-0.15, -0.1) is 0 Å². The second-order valence-corrected chi connectivity index (χ2v) is 5.82. The number of benzene rings is 1. The number of ether oxygens (including phenoxy) is 2. The Balaban J connectivity index is 2.84. The molecule has 0 heterocycles. The Bertz CT molecular complexity index is 464. The van der Waals surface area contributed by atoms with Crippen LogP contribution in [0.5, 0.6) is 0 Å². The maximum Gasteiger partial charge on any atom is 0.323 e. The molecule has 1 rings (SSSR count). The fourth-order valence-corrected chi connectivity index (χ4v) is 2.18. The second-order valence-electron chi connectivity index (χ2n) is 4.90. The molecule has 0 fully saturated rings. The molecule has 1 aromatic carbocycles. The zero-order chi connectivity index (χ0) is 15.9. The molecular formula is C16H21BrO4. The van der Waals surface area contributed by atoms with Crippen LogP contribution in [0.3, 0.4) is 0 Å². The van der Waals surface area contributed by atoms with E-state index in [1.807, 2.05) is 24.3 Å². The third-order valence-corrected chi connectivity index (χ3v) is 3.81. The lowest BCUT2D eigenvalue weighted by Gasteiger charge is -2.24. The fraction of sp³-hybridized carbons (Fsp3) is 0.500. The van der Waals surface area contributed by atoms with Crippen LogP contribution in [0.2, 0.25) is 0 Å². The molecule has 4 nitrogen and oxygen atoms in total. The Morgan fingerprint density at radius 1 is 1.05 bits per heavy atom. The molecule has 1 aromatic rings. The van der Waals surface area contributed by atoms with Gasteiger partial charge in [0.1, 0.15) is 0 Å². The molecule has 0 saturated heterocycles. The molecule has 0 aromatic heterocycles. The average molecular weight is 357 g/mol.